The summed E-state index contributed by atoms with van der Waals surface area (Å²) in [6.07, 6.45) is -3.84. The minimum atomic E-state index is -4.60. The third-order valence-electron chi connectivity index (χ3n) is 8.35. The molecule has 6 heterocycles. The summed E-state index contributed by atoms with van der Waals surface area (Å²) in [6, 6.07) is 0. The number of fused-ring (bicyclic) bond motifs is 3. The fraction of sp³-hybridized carbons (Fsp3) is 0.565. The largest absolute Gasteiger partial charge is 0.534 e. The molecule has 2 aliphatic heterocycles. The highest BCUT2D eigenvalue weighted by Gasteiger charge is 2.76. The van der Waals surface area contributed by atoms with E-state index in [1.807, 2.05) is 0 Å². The van der Waals surface area contributed by atoms with Crippen molar-refractivity contribution in [2.75, 3.05) is 37.4 Å². The number of aromatic nitrogens is 8. The van der Waals surface area contributed by atoms with Crippen molar-refractivity contribution < 1.29 is 57.7 Å². The van der Waals surface area contributed by atoms with Crippen LogP contribution in [0.2, 0.25) is 0 Å². The minimum Gasteiger partial charge on any atom is -0.396 e. The molecule has 0 bridgehead atoms. The monoisotopic (exact) mass is 699 g/mol. The average Bonchev–Trinajstić information content (AvgIpc) is 3.55. The lowest BCUT2D eigenvalue weighted by Gasteiger charge is -2.26. The van der Waals surface area contributed by atoms with Gasteiger partial charge in [0.25, 0.3) is 6.35 Å². The number of imidazole rings is 2. The number of ether oxygens (including phenoxy) is 4. The Morgan fingerprint density at radius 1 is 0.979 bits per heavy atom. The van der Waals surface area contributed by atoms with Gasteiger partial charge in [-0.15, -0.1) is 0 Å². The van der Waals surface area contributed by atoms with Crippen molar-refractivity contribution in [3.63, 3.8) is 0 Å². The average molecular weight is 699 g/mol. The summed E-state index contributed by atoms with van der Waals surface area (Å²) in [4.78, 5) is 44.4. The van der Waals surface area contributed by atoms with Crippen LogP contribution in [0.25, 0.3) is 22.3 Å². The lowest BCUT2D eigenvalue weighted by Crippen LogP contribution is -2.36. The summed E-state index contributed by atoms with van der Waals surface area (Å²) in [7, 11) is -7.36. The molecule has 2 saturated heterocycles. The molecule has 252 valence electrons. The van der Waals surface area contributed by atoms with E-state index in [0.717, 1.165) is 0 Å². The molecular formula is C23H29N10O12P2+. The zero-order valence-corrected chi connectivity index (χ0v) is 25.8. The minimum absolute atomic E-state index is 0.0795. The third-order valence-corrected chi connectivity index (χ3v) is 9.75. The van der Waals surface area contributed by atoms with E-state index in [1.165, 1.54) is 34.4 Å². The Balaban J connectivity index is 1.07. The smallest absolute Gasteiger partial charge is 0.396 e. The number of anilines is 2. The first-order chi connectivity index (χ1) is 22.4. The van der Waals surface area contributed by atoms with E-state index in [2.05, 4.69) is 29.9 Å². The molecule has 9 N–H and O–H groups in total. The van der Waals surface area contributed by atoms with Crippen LogP contribution in [0.3, 0.4) is 0 Å². The highest BCUT2D eigenvalue weighted by atomic mass is 31.2. The summed E-state index contributed by atoms with van der Waals surface area (Å²) in [5, 5.41) is 31.8. The topological polar surface area (TPSA) is 321 Å². The SMILES string of the molecule is Nc1ncnc2c1ncn2[C@@H]1O[C@H](COP(=O)(O)COC2C3[C@@H](CO)C3(O)O[C@H]2n2cnc3c(N)ncnc32)C(OC[P+](=O)O)C1O. The Labute approximate surface area is 263 Å². The number of nitrogen functional groups attached to an aromatic ring is 2. The lowest BCUT2D eigenvalue weighted by molar-refractivity contribution is -0.185. The molecule has 4 aromatic heterocycles. The quantitative estimate of drug-likeness (QED) is 0.0799. The predicted octanol–water partition coefficient (Wildman–Crippen LogP) is -1.83. The van der Waals surface area contributed by atoms with Crippen molar-refractivity contribution in [1.82, 2.24) is 39.0 Å². The molecule has 0 spiro atoms. The van der Waals surface area contributed by atoms with Crippen LogP contribution in [-0.4, -0.2) is 120 Å². The zero-order chi connectivity index (χ0) is 33.2. The highest BCUT2D eigenvalue weighted by molar-refractivity contribution is 7.52. The van der Waals surface area contributed by atoms with Gasteiger partial charge in [-0.3, -0.25) is 13.7 Å². The van der Waals surface area contributed by atoms with Crippen LogP contribution in [0.15, 0.2) is 25.3 Å². The first-order valence-electron chi connectivity index (χ1n) is 14.0. The second kappa shape index (κ2) is 11.9. The summed E-state index contributed by atoms with van der Waals surface area (Å²) in [5.41, 5.74) is 12.7. The first-order valence-corrected chi connectivity index (χ1v) is 17.1. The summed E-state index contributed by atoms with van der Waals surface area (Å²) < 4.78 is 55.7. The molecule has 11 atom stereocenters. The van der Waals surface area contributed by atoms with Crippen LogP contribution >= 0.6 is 15.6 Å². The molecule has 7 rings (SSSR count). The van der Waals surface area contributed by atoms with E-state index in [0.29, 0.717) is 0 Å². The van der Waals surface area contributed by atoms with Crippen molar-refractivity contribution in [2.24, 2.45) is 11.8 Å². The predicted molar refractivity (Wildman–Crippen MR) is 154 cm³/mol. The molecule has 3 aliphatic rings. The third kappa shape index (κ3) is 5.55. The maximum Gasteiger partial charge on any atom is 0.534 e. The van der Waals surface area contributed by atoms with Gasteiger partial charge in [0.05, 0.1) is 31.8 Å². The second-order valence-corrected chi connectivity index (χ2v) is 13.9. The summed E-state index contributed by atoms with van der Waals surface area (Å²) in [5.74, 6) is -3.09. The van der Waals surface area contributed by atoms with Crippen LogP contribution in [-0.2, 0) is 32.6 Å². The number of aliphatic hydroxyl groups excluding tert-OH is 2. The molecule has 1 aliphatic carbocycles. The maximum atomic E-state index is 13.2. The number of hydrogen-bond acceptors (Lipinski definition) is 18. The first kappa shape index (κ1) is 32.2. The number of aliphatic hydroxyl groups is 3. The Morgan fingerprint density at radius 2 is 1.60 bits per heavy atom. The number of nitrogens with two attached hydrogens (primary N) is 2. The van der Waals surface area contributed by atoms with Crippen molar-refractivity contribution in [3.8, 4) is 0 Å². The molecule has 1 saturated carbocycles. The molecule has 24 heteroatoms. The van der Waals surface area contributed by atoms with Gasteiger partial charge in [0.15, 0.2) is 41.2 Å². The molecule has 0 radical (unpaired) electrons. The van der Waals surface area contributed by atoms with Gasteiger partial charge in [0.1, 0.15) is 54.5 Å². The summed E-state index contributed by atoms with van der Waals surface area (Å²) >= 11 is 0. The van der Waals surface area contributed by atoms with Gasteiger partial charge in [0, 0.05) is 5.92 Å². The van der Waals surface area contributed by atoms with E-state index in [-0.39, 0.29) is 34.0 Å². The molecule has 0 amide bonds. The molecular weight excluding hydrogens is 670 g/mol. The van der Waals surface area contributed by atoms with Crippen molar-refractivity contribution in [1.29, 1.82) is 0 Å². The molecule has 0 aromatic carbocycles. The Morgan fingerprint density at radius 3 is 2.19 bits per heavy atom. The highest BCUT2D eigenvalue weighted by Crippen LogP contribution is 2.63. The maximum absolute atomic E-state index is 13.2. The van der Waals surface area contributed by atoms with Gasteiger partial charge in [0.2, 0.25) is 0 Å². The van der Waals surface area contributed by atoms with Gasteiger partial charge in [-0.1, -0.05) is 0 Å². The van der Waals surface area contributed by atoms with Crippen LogP contribution in [0.5, 0.6) is 0 Å². The standard InChI is InChI=1S/C23H28N10O12P2/c24-17-12-19(28-3-26-17)32(5-30-12)21-14(35)15(41-7-46(37)38)10(44-21)2-43-47(39,40)8-42-16-11-9(1-34)23(11,36)45-22(16)33-6-31-13-18(25)27-4-29-20(13)33/h3-6,9-11,14-16,21-22,34-36H,1-2,7-8H2,(H5-,24,25,26,27,28,29,37,38,39,40)/p+1/t9-,10-,11?,14?,15?,16?,21-,22-,23?/m1/s1. The summed E-state index contributed by atoms with van der Waals surface area (Å²) in [6.45, 7) is -1.06. The van der Waals surface area contributed by atoms with Crippen molar-refractivity contribution in [2.45, 2.75) is 42.7 Å². The van der Waals surface area contributed by atoms with Gasteiger partial charge in [-0.05, 0) is 4.57 Å². The normalized spacial score (nSPS) is 33.3. The van der Waals surface area contributed by atoms with Gasteiger partial charge in [-0.25, -0.2) is 29.9 Å². The van der Waals surface area contributed by atoms with E-state index in [4.69, 9.17) is 34.9 Å². The van der Waals surface area contributed by atoms with Gasteiger partial charge < -0.3 is 55.2 Å². The fourth-order valence-electron chi connectivity index (χ4n) is 6.12. The zero-order valence-electron chi connectivity index (χ0n) is 24.0. The lowest BCUT2D eigenvalue weighted by atomic mass is 10.1. The Kier molecular flexibility index (Phi) is 8.18. The van der Waals surface area contributed by atoms with E-state index < -0.39 is 96.0 Å². The van der Waals surface area contributed by atoms with Crippen LogP contribution in [0.1, 0.15) is 12.5 Å². The van der Waals surface area contributed by atoms with Crippen LogP contribution in [0, 0.1) is 11.8 Å². The van der Waals surface area contributed by atoms with Gasteiger partial charge >= 0.3 is 15.6 Å². The van der Waals surface area contributed by atoms with E-state index >= 15 is 0 Å². The van der Waals surface area contributed by atoms with E-state index in [9.17, 15) is 34.2 Å². The molecule has 22 nitrogen and oxygen atoms in total. The van der Waals surface area contributed by atoms with Crippen LogP contribution in [0.4, 0.5) is 11.6 Å². The molecule has 3 fully saturated rings. The van der Waals surface area contributed by atoms with E-state index in [1.54, 1.807) is 0 Å². The van der Waals surface area contributed by atoms with Gasteiger partial charge in [-0.2, -0.15) is 4.89 Å². The van der Waals surface area contributed by atoms with Crippen LogP contribution < -0.4 is 11.5 Å². The number of rotatable bonds is 12. The molecule has 4 aromatic rings. The Hall–Kier alpha value is -3.37. The van der Waals surface area contributed by atoms with Crippen molar-refractivity contribution in [3.05, 3.63) is 25.3 Å². The number of nitrogens with zero attached hydrogens (tertiary/aromatic N) is 8. The molecule has 47 heavy (non-hydrogen) atoms. The second-order valence-electron chi connectivity index (χ2n) is 11.1. The number of hydrogen-bond donors (Lipinski definition) is 7. The fourth-order valence-corrected chi connectivity index (χ4v) is 7.23. The molecule has 7 unspecified atom stereocenters. The Bertz CT molecular complexity index is 1880. The van der Waals surface area contributed by atoms with Crippen molar-refractivity contribution >= 4 is 49.6 Å².